The number of alkyl halides is 3. The Bertz CT molecular complexity index is 986. The highest BCUT2D eigenvalue weighted by Gasteiger charge is 2.55. The molecule has 1 aromatic rings. The smallest absolute Gasteiger partial charge is 0.399 e. The first-order chi connectivity index (χ1) is 13.2. The number of rotatable bonds is 1. The molecule has 0 saturated carbocycles. The lowest BCUT2D eigenvalue weighted by molar-refractivity contribution is -0.138. The van der Waals surface area contributed by atoms with Gasteiger partial charge in [0.2, 0.25) is 0 Å². The third-order valence-electron chi connectivity index (χ3n) is 5.45. The number of hydrogen-bond donors (Lipinski definition) is 1. The highest BCUT2D eigenvalue weighted by Crippen LogP contribution is 2.55. The van der Waals surface area contributed by atoms with E-state index in [4.69, 9.17) is 5.73 Å². The standard InChI is InChI=1S/C20H16F3N5/c1-28-7-6-12-14(8-24)18(27)19(10-25,11-26)17(15(12)9-28)13-4-2-3-5-16(13)20(21,22)23/h2-6,15,17H,7,9,27H2,1H3/t15-,17+/m0/s1. The van der Waals surface area contributed by atoms with Crippen LogP contribution in [-0.2, 0) is 6.18 Å². The molecule has 3 rings (SSSR count). The van der Waals surface area contributed by atoms with E-state index >= 15 is 0 Å². The van der Waals surface area contributed by atoms with Crippen molar-refractivity contribution in [1.82, 2.24) is 4.90 Å². The normalized spacial score (nSPS) is 24.4. The van der Waals surface area contributed by atoms with E-state index in [1.54, 1.807) is 13.1 Å². The van der Waals surface area contributed by atoms with Gasteiger partial charge in [0.25, 0.3) is 0 Å². The van der Waals surface area contributed by atoms with Gasteiger partial charge >= 0.3 is 6.18 Å². The third-order valence-corrected chi connectivity index (χ3v) is 5.45. The number of allylic oxidation sites excluding steroid dienone is 2. The van der Waals surface area contributed by atoms with Crippen LogP contribution in [0.15, 0.2) is 47.2 Å². The highest BCUT2D eigenvalue weighted by molar-refractivity contribution is 5.60. The summed E-state index contributed by atoms with van der Waals surface area (Å²) in [5.74, 6) is -1.81. The van der Waals surface area contributed by atoms with E-state index < -0.39 is 29.0 Å². The number of hydrogen-bond acceptors (Lipinski definition) is 5. The van der Waals surface area contributed by atoms with Gasteiger partial charge in [0, 0.05) is 24.9 Å². The van der Waals surface area contributed by atoms with Crippen molar-refractivity contribution in [1.29, 1.82) is 15.8 Å². The summed E-state index contributed by atoms with van der Waals surface area (Å²) in [6.07, 6.45) is -2.92. The molecule has 1 aromatic carbocycles. The van der Waals surface area contributed by atoms with Crippen LogP contribution in [-0.4, -0.2) is 25.0 Å². The van der Waals surface area contributed by atoms with Crippen molar-refractivity contribution in [2.45, 2.75) is 12.1 Å². The summed E-state index contributed by atoms with van der Waals surface area (Å²) in [5.41, 5.74) is 3.18. The molecule has 5 nitrogen and oxygen atoms in total. The van der Waals surface area contributed by atoms with E-state index in [-0.39, 0.29) is 16.8 Å². The monoisotopic (exact) mass is 383 g/mol. The molecule has 142 valence electrons. The summed E-state index contributed by atoms with van der Waals surface area (Å²) in [5, 5.41) is 29.4. The van der Waals surface area contributed by atoms with Gasteiger partial charge in [-0.15, -0.1) is 0 Å². The lowest BCUT2D eigenvalue weighted by Gasteiger charge is -2.45. The first kappa shape index (κ1) is 19.5. The average molecular weight is 383 g/mol. The van der Waals surface area contributed by atoms with Crippen LogP contribution in [0.1, 0.15) is 17.0 Å². The molecule has 8 heteroatoms. The van der Waals surface area contributed by atoms with Crippen LogP contribution < -0.4 is 5.73 Å². The molecule has 0 amide bonds. The summed E-state index contributed by atoms with van der Waals surface area (Å²) in [7, 11) is 1.79. The summed E-state index contributed by atoms with van der Waals surface area (Å²) in [4.78, 5) is 1.87. The van der Waals surface area contributed by atoms with Gasteiger partial charge in [-0.1, -0.05) is 24.3 Å². The number of likely N-dealkylation sites (N-methyl/N-ethyl adjacent to an activating group) is 1. The predicted octanol–water partition coefficient (Wildman–Crippen LogP) is 3.06. The third kappa shape index (κ3) is 2.72. The zero-order valence-electron chi connectivity index (χ0n) is 15.0. The maximum absolute atomic E-state index is 13.7. The average Bonchev–Trinajstić information content (AvgIpc) is 2.67. The number of nitriles is 3. The van der Waals surface area contributed by atoms with Gasteiger partial charge in [-0.25, -0.2) is 0 Å². The van der Waals surface area contributed by atoms with E-state index in [9.17, 15) is 29.0 Å². The van der Waals surface area contributed by atoms with Crippen molar-refractivity contribution in [3.05, 3.63) is 58.3 Å². The van der Waals surface area contributed by atoms with Crippen molar-refractivity contribution in [2.24, 2.45) is 17.1 Å². The minimum absolute atomic E-state index is 0.0157. The quantitative estimate of drug-likeness (QED) is 0.803. The molecule has 0 spiro atoms. The van der Waals surface area contributed by atoms with Gasteiger partial charge in [-0.3, -0.25) is 0 Å². The second-order valence-electron chi connectivity index (χ2n) is 6.98. The van der Waals surface area contributed by atoms with Crippen LogP contribution in [0.2, 0.25) is 0 Å². The second-order valence-corrected chi connectivity index (χ2v) is 6.98. The van der Waals surface area contributed by atoms with Gasteiger partial charge < -0.3 is 10.6 Å². The van der Waals surface area contributed by atoms with E-state index in [0.29, 0.717) is 18.7 Å². The summed E-state index contributed by atoms with van der Waals surface area (Å²) < 4.78 is 41.2. The molecule has 0 saturated heterocycles. The molecule has 2 N–H and O–H groups in total. The SMILES string of the molecule is CN1CC=C2C(C#N)=C(N)C(C#N)(C#N)[C@H](c3ccccc3C(F)(F)F)[C@H]2C1. The van der Waals surface area contributed by atoms with Gasteiger partial charge in [-0.05, 0) is 24.3 Å². The summed E-state index contributed by atoms with van der Waals surface area (Å²) >= 11 is 0. The molecule has 1 aliphatic heterocycles. The molecule has 0 fully saturated rings. The highest BCUT2D eigenvalue weighted by atomic mass is 19.4. The number of nitrogens with two attached hydrogens (primary N) is 1. The van der Waals surface area contributed by atoms with E-state index in [1.807, 2.05) is 23.1 Å². The fourth-order valence-electron chi connectivity index (χ4n) is 4.19. The van der Waals surface area contributed by atoms with Crippen molar-refractivity contribution in [3.8, 4) is 18.2 Å². The van der Waals surface area contributed by atoms with Gasteiger partial charge in [-0.2, -0.15) is 29.0 Å². The molecule has 0 bridgehead atoms. The Kier molecular flexibility index (Phi) is 4.67. The van der Waals surface area contributed by atoms with Gasteiger partial charge in [0.05, 0.1) is 29.0 Å². The minimum atomic E-state index is -4.66. The Hall–Kier alpha value is -3.28. The van der Waals surface area contributed by atoms with Crippen molar-refractivity contribution in [2.75, 3.05) is 20.1 Å². The Balaban J connectivity index is 2.40. The molecule has 1 aliphatic carbocycles. The van der Waals surface area contributed by atoms with Gasteiger partial charge in [0.1, 0.15) is 6.07 Å². The molecule has 1 heterocycles. The van der Waals surface area contributed by atoms with Crippen molar-refractivity contribution < 1.29 is 13.2 Å². The molecule has 0 unspecified atom stereocenters. The molecule has 0 aromatic heterocycles. The predicted molar refractivity (Wildman–Crippen MR) is 93.7 cm³/mol. The van der Waals surface area contributed by atoms with Crippen LogP contribution >= 0.6 is 0 Å². The number of benzene rings is 1. The fourth-order valence-corrected chi connectivity index (χ4v) is 4.19. The maximum atomic E-state index is 13.7. The number of fused-ring (bicyclic) bond motifs is 1. The molecule has 2 atom stereocenters. The first-order valence-electron chi connectivity index (χ1n) is 8.49. The largest absolute Gasteiger partial charge is 0.416 e. The first-order valence-corrected chi connectivity index (χ1v) is 8.49. The zero-order valence-corrected chi connectivity index (χ0v) is 15.0. The van der Waals surface area contributed by atoms with Crippen molar-refractivity contribution in [3.63, 3.8) is 0 Å². The zero-order chi connectivity index (χ0) is 20.7. The second kappa shape index (κ2) is 6.71. The Morgan fingerprint density at radius 2 is 1.82 bits per heavy atom. The lowest BCUT2D eigenvalue weighted by atomic mass is 9.57. The molecule has 0 radical (unpaired) electrons. The van der Waals surface area contributed by atoms with Crippen LogP contribution in [0, 0.1) is 45.3 Å². The van der Waals surface area contributed by atoms with Crippen LogP contribution in [0.25, 0.3) is 0 Å². The van der Waals surface area contributed by atoms with E-state index in [0.717, 1.165) is 6.07 Å². The van der Waals surface area contributed by atoms with Crippen LogP contribution in [0.5, 0.6) is 0 Å². The van der Waals surface area contributed by atoms with E-state index in [1.165, 1.54) is 18.2 Å². The van der Waals surface area contributed by atoms with Crippen LogP contribution in [0.3, 0.4) is 0 Å². The molecular weight excluding hydrogens is 367 g/mol. The van der Waals surface area contributed by atoms with Crippen molar-refractivity contribution >= 4 is 0 Å². The fraction of sp³-hybridized carbons (Fsp3) is 0.350. The lowest BCUT2D eigenvalue weighted by Crippen LogP contribution is -2.47. The summed E-state index contributed by atoms with van der Waals surface area (Å²) in [6.45, 7) is 0.788. The van der Waals surface area contributed by atoms with E-state index in [2.05, 4.69) is 0 Å². The Morgan fingerprint density at radius 1 is 1.18 bits per heavy atom. The maximum Gasteiger partial charge on any atom is 0.416 e. The topological polar surface area (TPSA) is 101 Å². The minimum Gasteiger partial charge on any atom is -0.399 e. The molecule has 2 aliphatic rings. The van der Waals surface area contributed by atoms with Crippen LogP contribution in [0.4, 0.5) is 13.2 Å². The molecule has 28 heavy (non-hydrogen) atoms. The Labute approximate surface area is 160 Å². The number of nitrogens with zero attached hydrogens (tertiary/aromatic N) is 4. The van der Waals surface area contributed by atoms with Gasteiger partial charge in [0.15, 0.2) is 5.41 Å². The summed E-state index contributed by atoms with van der Waals surface area (Å²) in [6, 6.07) is 10.6. The Morgan fingerprint density at radius 3 is 2.39 bits per heavy atom. The number of halogens is 3. The molecular formula is C20H16F3N5.